The fourth-order valence-corrected chi connectivity index (χ4v) is 2.63. The SMILES string of the molecule is Cc1cccc(Cn2cnc(NC(=O)Cn3cc(Br)c(C)n3)n2)c1. The molecule has 0 unspecified atom stereocenters. The van der Waals surface area contributed by atoms with E-state index in [1.54, 1.807) is 21.9 Å². The van der Waals surface area contributed by atoms with Gasteiger partial charge in [-0.25, -0.2) is 9.67 Å². The molecule has 24 heavy (non-hydrogen) atoms. The number of carbonyl (C=O) groups is 1. The number of aromatic nitrogens is 5. The fraction of sp³-hybridized carbons (Fsp3) is 0.250. The molecule has 0 aliphatic carbocycles. The van der Waals surface area contributed by atoms with E-state index in [9.17, 15) is 4.79 Å². The number of amides is 1. The molecule has 2 aromatic heterocycles. The maximum Gasteiger partial charge on any atom is 0.248 e. The van der Waals surface area contributed by atoms with E-state index in [0.717, 1.165) is 15.7 Å². The van der Waals surface area contributed by atoms with Crippen molar-refractivity contribution in [2.45, 2.75) is 26.9 Å². The lowest BCUT2D eigenvalue weighted by Crippen LogP contribution is -2.20. The van der Waals surface area contributed by atoms with Crippen LogP contribution in [0.1, 0.15) is 16.8 Å². The highest BCUT2D eigenvalue weighted by Gasteiger charge is 2.10. The number of anilines is 1. The van der Waals surface area contributed by atoms with E-state index in [1.165, 1.54) is 5.56 Å². The van der Waals surface area contributed by atoms with Crippen molar-refractivity contribution in [3.63, 3.8) is 0 Å². The van der Waals surface area contributed by atoms with E-state index in [0.29, 0.717) is 6.54 Å². The van der Waals surface area contributed by atoms with Crippen LogP contribution < -0.4 is 5.32 Å². The van der Waals surface area contributed by atoms with E-state index in [4.69, 9.17) is 0 Å². The largest absolute Gasteiger partial charge is 0.292 e. The highest BCUT2D eigenvalue weighted by molar-refractivity contribution is 9.10. The molecule has 0 spiro atoms. The number of nitrogens with one attached hydrogen (secondary N) is 1. The van der Waals surface area contributed by atoms with Gasteiger partial charge in [-0.2, -0.15) is 5.10 Å². The Balaban J connectivity index is 1.60. The Morgan fingerprint density at radius 3 is 2.79 bits per heavy atom. The first kappa shape index (κ1) is 16.4. The standard InChI is InChI=1S/C16H17BrN6O/c1-11-4-3-5-13(6-11)7-23-10-18-16(21-23)19-15(24)9-22-8-14(17)12(2)20-22/h3-6,8,10H,7,9H2,1-2H3,(H,19,21,24). The first-order chi connectivity index (χ1) is 11.5. The molecule has 2 heterocycles. The molecule has 0 saturated heterocycles. The van der Waals surface area contributed by atoms with Crippen molar-refractivity contribution in [3.05, 3.63) is 58.1 Å². The lowest BCUT2D eigenvalue weighted by molar-refractivity contribution is -0.116. The average molecular weight is 389 g/mol. The van der Waals surface area contributed by atoms with Crippen LogP contribution in [0.3, 0.4) is 0 Å². The Labute approximate surface area is 147 Å². The zero-order valence-corrected chi connectivity index (χ0v) is 15.0. The molecule has 3 aromatic rings. The first-order valence-electron chi connectivity index (χ1n) is 7.44. The van der Waals surface area contributed by atoms with Gasteiger partial charge in [-0.3, -0.25) is 14.8 Å². The van der Waals surface area contributed by atoms with Crippen molar-refractivity contribution in [1.29, 1.82) is 0 Å². The third kappa shape index (κ3) is 4.08. The molecule has 8 heteroatoms. The van der Waals surface area contributed by atoms with Crippen LogP contribution in [-0.2, 0) is 17.9 Å². The molecule has 0 aliphatic heterocycles. The minimum atomic E-state index is -0.224. The quantitative estimate of drug-likeness (QED) is 0.728. The summed E-state index contributed by atoms with van der Waals surface area (Å²) >= 11 is 3.37. The van der Waals surface area contributed by atoms with E-state index < -0.39 is 0 Å². The second-order valence-electron chi connectivity index (χ2n) is 5.56. The Kier molecular flexibility index (Phi) is 4.75. The van der Waals surface area contributed by atoms with Crippen LogP contribution in [0.4, 0.5) is 5.95 Å². The van der Waals surface area contributed by atoms with Crippen LogP contribution >= 0.6 is 15.9 Å². The van der Waals surface area contributed by atoms with Crippen molar-refractivity contribution >= 4 is 27.8 Å². The molecule has 0 radical (unpaired) electrons. The Morgan fingerprint density at radius 2 is 2.08 bits per heavy atom. The molecule has 124 valence electrons. The number of aryl methyl sites for hydroxylation is 2. The second kappa shape index (κ2) is 6.96. The maximum absolute atomic E-state index is 12.0. The molecule has 0 atom stereocenters. The van der Waals surface area contributed by atoms with Crippen LogP contribution in [0.5, 0.6) is 0 Å². The average Bonchev–Trinajstić information content (AvgIpc) is 3.06. The Bertz CT molecular complexity index is 850. The highest BCUT2D eigenvalue weighted by atomic mass is 79.9. The van der Waals surface area contributed by atoms with Gasteiger partial charge in [-0.1, -0.05) is 29.8 Å². The Morgan fingerprint density at radius 1 is 1.25 bits per heavy atom. The second-order valence-corrected chi connectivity index (χ2v) is 6.42. The zero-order chi connectivity index (χ0) is 17.1. The molecule has 0 saturated carbocycles. The Hall–Kier alpha value is -2.48. The number of carbonyl (C=O) groups excluding carboxylic acids is 1. The van der Waals surface area contributed by atoms with Crippen LogP contribution in [-0.4, -0.2) is 30.5 Å². The molecule has 1 N–H and O–H groups in total. The highest BCUT2D eigenvalue weighted by Crippen LogP contribution is 2.13. The third-order valence-electron chi connectivity index (χ3n) is 3.41. The lowest BCUT2D eigenvalue weighted by Gasteiger charge is -2.03. The van der Waals surface area contributed by atoms with Crippen molar-refractivity contribution in [2.24, 2.45) is 0 Å². The molecule has 7 nitrogen and oxygen atoms in total. The van der Waals surface area contributed by atoms with E-state index in [2.05, 4.69) is 42.5 Å². The van der Waals surface area contributed by atoms with Crippen molar-refractivity contribution in [3.8, 4) is 0 Å². The third-order valence-corrected chi connectivity index (χ3v) is 4.19. The van der Waals surface area contributed by atoms with E-state index >= 15 is 0 Å². The van der Waals surface area contributed by atoms with E-state index in [-0.39, 0.29) is 18.4 Å². The minimum absolute atomic E-state index is 0.110. The summed E-state index contributed by atoms with van der Waals surface area (Å²) in [4.78, 5) is 16.2. The summed E-state index contributed by atoms with van der Waals surface area (Å²) in [5.41, 5.74) is 3.17. The van der Waals surface area contributed by atoms with Crippen molar-refractivity contribution in [1.82, 2.24) is 24.5 Å². The van der Waals surface area contributed by atoms with Crippen molar-refractivity contribution in [2.75, 3.05) is 5.32 Å². The maximum atomic E-state index is 12.0. The number of hydrogen-bond acceptors (Lipinski definition) is 4. The summed E-state index contributed by atoms with van der Waals surface area (Å²) in [7, 11) is 0. The smallest absolute Gasteiger partial charge is 0.248 e. The van der Waals surface area contributed by atoms with E-state index in [1.807, 2.05) is 32.0 Å². The topological polar surface area (TPSA) is 77.6 Å². The molecule has 1 aromatic carbocycles. The molecule has 0 aliphatic rings. The van der Waals surface area contributed by atoms with Gasteiger partial charge in [0.25, 0.3) is 0 Å². The summed E-state index contributed by atoms with van der Waals surface area (Å²) in [6.07, 6.45) is 3.37. The monoisotopic (exact) mass is 388 g/mol. The summed E-state index contributed by atoms with van der Waals surface area (Å²) in [6, 6.07) is 8.18. The minimum Gasteiger partial charge on any atom is -0.292 e. The molecule has 1 amide bonds. The van der Waals surface area contributed by atoms with Crippen LogP contribution in [0.25, 0.3) is 0 Å². The number of halogens is 1. The van der Waals surface area contributed by atoms with Gasteiger partial charge in [0.2, 0.25) is 11.9 Å². The number of nitrogens with zero attached hydrogens (tertiary/aromatic N) is 5. The predicted molar refractivity (Wildman–Crippen MR) is 93.6 cm³/mol. The number of hydrogen-bond donors (Lipinski definition) is 1. The molecular formula is C16H17BrN6O. The predicted octanol–water partition coefficient (Wildman–Crippen LogP) is 2.54. The molecule has 0 fully saturated rings. The van der Waals surface area contributed by atoms with Gasteiger partial charge < -0.3 is 0 Å². The van der Waals surface area contributed by atoms with Crippen LogP contribution in [0, 0.1) is 13.8 Å². The lowest BCUT2D eigenvalue weighted by atomic mass is 10.1. The van der Waals surface area contributed by atoms with Gasteiger partial charge in [-0.15, -0.1) is 5.10 Å². The number of benzene rings is 1. The van der Waals surface area contributed by atoms with Gasteiger partial charge in [0.05, 0.1) is 16.7 Å². The van der Waals surface area contributed by atoms with Crippen molar-refractivity contribution < 1.29 is 4.79 Å². The first-order valence-corrected chi connectivity index (χ1v) is 8.23. The number of rotatable bonds is 5. The van der Waals surface area contributed by atoms with Gasteiger partial charge in [0.1, 0.15) is 12.9 Å². The fourth-order valence-electron chi connectivity index (χ4n) is 2.31. The summed E-state index contributed by atoms with van der Waals surface area (Å²) in [6.45, 7) is 4.63. The summed E-state index contributed by atoms with van der Waals surface area (Å²) in [5.74, 6) is 0.0638. The van der Waals surface area contributed by atoms with Gasteiger partial charge in [0, 0.05) is 6.20 Å². The van der Waals surface area contributed by atoms with Gasteiger partial charge in [0.15, 0.2) is 0 Å². The summed E-state index contributed by atoms with van der Waals surface area (Å²) < 4.78 is 4.13. The molecular weight excluding hydrogens is 372 g/mol. The van der Waals surface area contributed by atoms with Gasteiger partial charge >= 0.3 is 0 Å². The normalized spacial score (nSPS) is 10.8. The molecule has 0 bridgehead atoms. The zero-order valence-electron chi connectivity index (χ0n) is 13.4. The van der Waals surface area contributed by atoms with Gasteiger partial charge in [-0.05, 0) is 35.3 Å². The summed E-state index contributed by atoms with van der Waals surface area (Å²) in [5, 5.41) is 11.2. The van der Waals surface area contributed by atoms with Crippen LogP contribution in [0.15, 0.2) is 41.3 Å². The molecule has 3 rings (SSSR count). The van der Waals surface area contributed by atoms with Crippen LogP contribution in [0.2, 0.25) is 0 Å².